The molecule has 0 aromatic heterocycles. The van der Waals surface area contributed by atoms with Gasteiger partial charge in [-0.3, -0.25) is 4.79 Å². The van der Waals surface area contributed by atoms with Gasteiger partial charge in [0.15, 0.2) is 0 Å². The van der Waals surface area contributed by atoms with Gasteiger partial charge < -0.3 is 20.5 Å². The lowest BCUT2D eigenvalue weighted by atomic mass is 9.97. The van der Waals surface area contributed by atoms with Gasteiger partial charge in [-0.15, -0.1) is 0 Å². The number of aliphatic hydroxyl groups excluding tert-OH is 1. The monoisotopic (exact) mass is 284 g/mol. The average molecular weight is 284 g/mol. The third-order valence-corrected chi connectivity index (χ3v) is 4.58. The molecule has 1 aliphatic heterocycles. The zero-order chi connectivity index (χ0) is 14.2. The van der Waals surface area contributed by atoms with Gasteiger partial charge in [-0.2, -0.15) is 0 Å². The molecule has 20 heavy (non-hydrogen) atoms. The van der Waals surface area contributed by atoms with Gasteiger partial charge in [-0.25, -0.2) is 0 Å². The summed E-state index contributed by atoms with van der Waals surface area (Å²) in [5.41, 5.74) is 0. The van der Waals surface area contributed by atoms with E-state index in [2.05, 4.69) is 10.6 Å². The topological polar surface area (TPSA) is 70.6 Å². The largest absolute Gasteiger partial charge is 0.396 e. The number of hydrogen-bond acceptors (Lipinski definition) is 4. The van der Waals surface area contributed by atoms with Crippen molar-refractivity contribution in [1.82, 2.24) is 10.6 Å². The van der Waals surface area contributed by atoms with Crippen molar-refractivity contribution in [3.8, 4) is 0 Å². The average Bonchev–Trinajstić information content (AvgIpc) is 2.94. The number of ether oxygens (including phenoxy) is 1. The Morgan fingerprint density at radius 3 is 2.70 bits per heavy atom. The van der Waals surface area contributed by atoms with Crippen LogP contribution in [0.15, 0.2) is 0 Å². The Morgan fingerprint density at radius 2 is 1.95 bits per heavy atom. The summed E-state index contributed by atoms with van der Waals surface area (Å²) in [5.74, 6) is 0.901. The molecule has 5 nitrogen and oxygen atoms in total. The van der Waals surface area contributed by atoms with E-state index >= 15 is 0 Å². The van der Waals surface area contributed by atoms with Gasteiger partial charge in [0.05, 0.1) is 12.7 Å². The quantitative estimate of drug-likeness (QED) is 0.642. The summed E-state index contributed by atoms with van der Waals surface area (Å²) in [7, 11) is 0. The lowest BCUT2D eigenvalue weighted by Crippen LogP contribution is -2.34. The normalized spacial score (nSPS) is 27.6. The van der Waals surface area contributed by atoms with Gasteiger partial charge in [0.25, 0.3) is 0 Å². The van der Waals surface area contributed by atoms with Crippen LogP contribution >= 0.6 is 0 Å². The van der Waals surface area contributed by atoms with Crippen molar-refractivity contribution < 1.29 is 14.6 Å². The molecule has 2 atom stereocenters. The Bertz CT molecular complexity index is 293. The van der Waals surface area contributed by atoms with E-state index in [1.807, 2.05) is 0 Å². The Morgan fingerprint density at radius 1 is 1.20 bits per heavy atom. The molecular formula is C15H28N2O3. The molecule has 2 unspecified atom stereocenters. The summed E-state index contributed by atoms with van der Waals surface area (Å²) in [6, 6.07) is 0. The fourth-order valence-corrected chi connectivity index (χ4v) is 3.24. The number of piperidine rings is 1. The highest BCUT2D eigenvalue weighted by molar-refractivity contribution is 5.75. The summed E-state index contributed by atoms with van der Waals surface area (Å²) in [5, 5.41) is 15.5. The minimum absolute atomic E-state index is 0.0718. The second kappa shape index (κ2) is 8.60. The molecule has 2 aliphatic rings. The van der Waals surface area contributed by atoms with E-state index in [4.69, 9.17) is 4.74 Å². The Kier molecular flexibility index (Phi) is 6.76. The van der Waals surface area contributed by atoms with Crippen LogP contribution in [0.5, 0.6) is 0 Å². The molecule has 0 radical (unpaired) electrons. The molecule has 0 aromatic carbocycles. The molecule has 0 bridgehead atoms. The predicted octanol–water partition coefficient (Wildman–Crippen LogP) is 0.670. The van der Waals surface area contributed by atoms with Crippen LogP contribution in [-0.4, -0.2) is 50.0 Å². The van der Waals surface area contributed by atoms with Crippen LogP contribution in [0.2, 0.25) is 0 Å². The highest BCUT2D eigenvalue weighted by Crippen LogP contribution is 2.30. The smallest absolute Gasteiger partial charge is 0.222 e. The van der Waals surface area contributed by atoms with Crippen molar-refractivity contribution in [2.24, 2.45) is 11.8 Å². The minimum atomic E-state index is 0.0718. The van der Waals surface area contributed by atoms with Crippen molar-refractivity contribution in [3.05, 3.63) is 0 Å². The van der Waals surface area contributed by atoms with Crippen LogP contribution in [-0.2, 0) is 9.53 Å². The number of carbonyl (C=O) groups is 1. The molecule has 0 spiro atoms. The first-order chi connectivity index (χ1) is 9.79. The first-order valence-corrected chi connectivity index (χ1v) is 7.99. The van der Waals surface area contributed by atoms with E-state index in [1.54, 1.807) is 0 Å². The lowest BCUT2D eigenvalue weighted by Gasteiger charge is -2.23. The van der Waals surface area contributed by atoms with Crippen molar-refractivity contribution in [3.63, 3.8) is 0 Å². The Balaban J connectivity index is 1.53. The molecule has 1 amide bonds. The molecule has 2 rings (SSSR count). The predicted molar refractivity (Wildman–Crippen MR) is 77.4 cm³/mol. The molecule has 1 saturated carbocycles. The molecule has 3 N–H and O–H groups in total. The van der Waals surface area contributed by atoms with E-state index in [9.17, 15) is 9.90 Å². The van der Waals surface area contributed by atoms with Crippen LogP contribution in [0.4, 0.5) is 0 Å². The number of amides is 1. The van der Waals surface area contributed by atoms with Crippen molar-refractivity contribution in [2.45, 2.75) is 44.6 Å². The fraction of sp³-hybridized carbons (Fsp3) is 0.933. The summed E-state index contributed by atoms with van der Waals surface area (Å²) in [4.78, 5) is 11.8. The maximum atomic E-state index is 11.8. The van der Waals surface area contributed by atoms with Crippen LogP contribution in [0.1, 0.15) is 38.5 Å². The zero-order valence-corrected chi connectivity index (χ0v) is 12.3. The van der Waals surface area contributed by atoms with E-state index in [0.29, 0.717) is 37.5 Å². The second-order valence-corrected chi connectivity index (χ2v) is 6.01. The van der Waals surface area contributed by atoms with Crippen LogP contribution in [0, 0.1) is 11.8 Å². The fourth-order valence-electron chi connectivity index (χ4n) is 3.24. The maximum Gasteiger partial charge on any atom is 0.222 e. The molecule has 1 heterocycles. The highest BCUT2D eigenvalue weighted by atomic mass is 16.5. The van der Waals surface area contributed by atoms with Crippen molar-refractivity contribution in [1.29, 1.82) is 0 Å². The molecule has 1 saturated heterocycles. The molecule has 5 heteroatoms. The molecule has 116 valence electrons. The number of nitrogens with one attached hydrogen (secondary N) is 2. The second-order valence-electron chi connectivity index (χ2n) is 6.01. The van der Waals surface area contributed by atoms with Gasteiger partial charge in [-0.05, 0) is 50.6 Å². The Labute approximate surface area is 121 Å². The van der Waals surface area contributed by atoms with Crippen LogP contribution in [0.25, 0.3) is 0 Å². The van der Waals surface area contributed by atoms with E-state index in [-0.39, 0.29) is 12.5 Å². The van der Waals surface area contributed by atoms with Crippen LogP contribution < -0.4 is 10.6 Å². The molecule has 1 aliphatic carbocycles. The number of hydrogen-bond donors (Lipinski definition) is 3. The summed E-state index contributed by atoms with van der Waals surface area (Å²) >= 11 is 0. The Hall–Kier alpha value is -0.650. The standard InChI is InChI=1S/C15H28N2O3/c18-11-13-3-1-2-12(13)10-17-15(19)6-9-20-14-4-7-16-8-5-14/h12-14,16,18H,1-11H2,(H,17,19). The lowest BCUT2D eigenvalue weighted by molar-refractivity contribution is -0.123. The SMILES string of the molecule is O=C(CCOC1CCNCC1)NCC1CCCC1CO. The summed E-state index contributed by atoms with van der Waals surface area (Å²) in [6.07, 6.45) is 6.24. The number of rotatable bonds is 7. The number of carbonyl (C=O) groups excluding carboxylic acids is 1. The van der Waals surface area contributed by atoms with Crippen molar-refractivity contribution in [2.75, 3.05) is 32.8 Å². The van der Waals surface area contributed by atoms with Crippen molar-refractivity contribution >= 4 is 5.91 Å². The van der Waals surface area contributed by atoms with Crippen LogP contribution in [0.3, 0.4) is 0 Å². The first-order valence-electron chi connectivity index (χ1n) is 7.99. The first kappa shape index (κ1) is 15.7. The van der Waals surface area contributed by atoms with Gasteiger partial charge in [-0.1, -0.05) is 6.42 Å². The van der Waals surface area contributed by atoms with E-state index < -0.39 is 0 Å². The van der Waals surface area contributed by atoms with Gasteiger partial charge in [0.1, 0.15) is 0 Å². The highest BCUT2D eigenvalue weighted by Gasteiger charge is 2.26. The third kappa shape index (κ3) is 5.04. The van der Waals surface area contributed by atoms with Gasteiger partial charge in [0, 0.05) is 19.6 Å². The van der Waals surface area contributed by atoms with E-state index in [0.717, 1.165) is 38.8 Å². The summed E-state index contributed by atoms with van der Waals surface area (Å²) < 4.78 is 5.73. The molecular weight excluding hydrogens is 256 g/mol. The summed E-state index contributed by atoms with van der Waals surface area (Å²) in [6.45, 7) is 3.50. The van der Waals surface area contributed by atoms with Gasteiger partial charge in [0.2, 0.25) is 5.91 Å². The zero-order valence-electron chi connectivity index (χ0n) is 12.3. The maximum absolute atomic E-state index is 11.8. The minimum Gasteiger partial charge on any atom is -0.396 e. The van der Waals surface area contributed by atoms with E-state index in [1.165, 1.54) is 6.42 Å². The molecule has 2 fully saturated rings. The van der Waals surface area contributed by atoms with Gasteiger partial charge >= 0.3 is 0 Å². The number of aliphatic hydroxyl groups is 1. The third-order valence-electron chi connectivity index (χ3n) is 4.58. The molecule has 0 aromatic rings.